The highest BCUT2D eigenvalue weighted by atomic mass is 16.1. The molecular weight excluding hydrogens is 176 g/mol. The molecule has 0 radical (unpaired) electrons. The van der Waals surface area contributed by atoms with Gasteiger partial charge in [0.05, 0.1) is 0 Å². The second-order valence-electron chi connectivity index (χ2n) is 2.70. The lowest BCUT2D eigenvalue weighted by Crippen LogP contribution is -1.92. The molecule has 0 fully saturated rings. The predicted molar refractivity (Wildman–Crippen MR) is 57.4 cm³/mol. The minimum absolute atomic E-state index is 0.0469. The molecule has 0 amide bonds. The molecule has 0 aliphatic rings. The first-order valence-corrected chi connectivity index (χ1v) is 4.71. The van der Waals surface area contributed by atoms with E-state index in [1.807, 2.05) is 32.2 Å². The van der Waals surface area contributed by atoms with E-state index in [9.17, 15) is 4.79 Å². The summed E-state index contributed by atoms with van der Waals surface area (Å²) in [6, 6.07) is 3.73. The first-order chi connectivity index (χ1) is 6.77. The van der Waals surface area contributed by atoms with Crippen molar-refractivity contribution in [2.75, 3.05) is 0 Å². The summed E-state index contributed by atoms with van der Waals surface area (Å²) in [6.07, 6.45) is 3.39. The molecule has 0 unspecified atom stereocenters. The van der Waals surface area contributed by atoms with Crippen molar-refractivity contribution >= 4 is 16.8 Å². The van der Waals surface area contributed by atoms with Crippen LogP contribution in [0.15, 0.2) is 24.5 Å². The van der Waals surface area contributed by atoms with Gasteiger partial charge in [0, 0.05) is 23.3 Å². The minimum atomic E-state index is 0.0469. The predicted octanol–water partition coefficient (Wildman–Crippen LogP) is 2.79. The van der Waals surface area contributed by atoms with Gasteiger partial charge < -0.3 is 4.98 Å². The fourth-order valence-corrected chi connectivity index (χ4v) is 1.13. The smallest absolute Gasteiger partial charge is 0.161 e. The summed E-state index contributed by atoms with van der Waals surface area (Å²) in [6.45, 7) is 5.54. The highest BCUT2D eigenvalue weighted by Crippen LogP contribution is 2.11. The van der Waals surface area contributed by atoms with Crippen LogP contribution in [0.25, 0.3) is 11.0 Å². The summed E-state index contributed by atoms with van der Waals surface area (Å²) in [5.41, 5.74) is 1.47. The zero-order valence-electron chi connectivity index (χ0n) is 8.66. The molecule has 2 heterocycles. The second kappa shape index (κ2) is 4.56. The molecule has 0 saturated heterocycles. The van der Waals surface area contributed by atoms with Crippen molar-refractivity contribution < 1.29 is 4.79 Å². The summed E-state index contributed by atoms with van der Waals surface area (Å²) in [5.74, 6) is 0.0469. The summed E-state index contributed by atoms with van der Waals surface area (Å²) < 4.78 is 0. The number of nitrogens with one attached hydrogen (secondary N) is 1. The molecule has 0 saturated carbocycles. The van der Waals surface area contributed by atoms with Crippen LogP contribution in [0.1, 0.15) is 31.1 Å². The number of aromatic nitrogens is 2. The molecule has 2 aromatic heterocycles. The average molecular weight is 190 g/mol. The minimum Gasteiger partial charge on any atom is -0.346 e. The van der Waals surface area contributed by atoms with E-state index in [0.29, 0.717) is 5.56 Å². The number of carbonyl (C=O) groups is 1. The van der Waals surface area contributed by atoms with Crippen molar-refractivity contribution in [1.82, 2.24) is 9.97 Å². The number of carbonyl (C=O) groups excluding carboxylic acids is 1. The molecule has 0 spiro atoms. The van der Waals surface area contributed by atoms with Crippen LogP contribution >= 0.6 is 0 Å². The number of ketones is 1. The van der Waals surface area contributed by atoms with Crippen LogP contribution in [0, 0.1) is 0 Å². The van der Waals surface area contributed by atoms with E-state index in [1.165, 1.54) is 6.92 Å². The Labute approximate surface area is 83.2 Å². The van der Waals surface area contributed by atoms with Crippen LogP contribution in [0.4, 0.5) is 0 Å². The van der Waals surface area contributed by atoms with Gasteiger partial charge in [0.15, 0.2) is 5.78 Å². The fourth-order valence-electron chi connectivity index (χ4n) is 1.13. The average Bonchev–Trinajstić information content (AvgIpc) is 2.67. The highest BCUT2D eigenvalue weighted by Gasteiger charge is 2.01. The van der Waals surface area contributed by atoms with Gasteiger partial charge in [0.1, 0.15) is 5.65 Å². The number of pyridine rings is 1. The molecule has 0 aliphatic carbocycles. The number of nitrogens with zero attached hydrogens (tertiary/aromatic N) is 1. The van der Waals surface area contributed by atoms with Crippen LogP contribution < -0.4 is 0 Å². The van der Waals surface area contributed by atoms with Crippen LogP contribution in [0.2, 0.25) is 0 Å². The number of Topliss-reactive ketones (excluding diaryl/α,β-unsaturated/α-hetero) is 1. The lowest BCUT2D eigenvalue weighted by atomic mass is 10.2. The number of fused-ring (bicyclic) bond motifs is 1. The Morgan fingerprint density at radius 2 is 2.14 bits per heavy atom. The monoisotopic (exact) mass is 190 g/mol. The van der Waals surface area contributed by atoms with Crippen LogP contribution in [0.5, 0.6) is 0 Å². The Hall–Kier alpha value is -1.64. The third kappa shape index (κ3) is 1.99. The van der Waals surface area contributed by atoms with Gasteiger partial charge >= 0.3 is 0 Å². The molecule has 14 heavy (non-hydrogen) atoms. The van der Waals surface area contributed by atoms with Gasteiger partial charge in [-0.1, -0.05) is 13.8 Å². The van der Waals surface area contributed by atoms with Gasteiger partial charge in [0.2, 0.25) is 0 Å². The van der Waals surface area contributed by atoms with Crippen molar-refractivity contribution in [3.8, 4) is 0 Å². The molecule has 0 atom stereocenters. The van der Waals surface area contributed by atoms with Crippen molar-refractivity contribution in [1.29, 1.82) is 0 Å². The van der Waals surface area contributed by atoms with Crippen LogP contribution in [-0.4, -0.2) is 15.8 Å². The fraction of sp³-hybridized carbons (Fsp3) is 0.273. The van der Waals surface area contributed by atoms with E-state index >= 15 is 0 Å². The Morgan fingerprint density at radius 1 is 1.43 bits per heavy atom. The molecule has 3 heteroatoms. The second-order valence-corrected chi connectivity index (χ2v) is 2.70. The molecule has 74 valence electrons. The van der Waals surface area contributed by atoms with E-state index in [0.717, 1.165) is 11.0 Å². The standard InChI is InChI=1S/C9H8N2O.C2H6/c1-6(12)8-4-7-2-3-10-9(7)11-5-8;1-2/h2-5H,1H3,(H,10,11);1-2H3. The van der Waals surface area contributed by atoms with E-state index < -0.39 is 0 Å². The maximum atomic E-state index is 11.0. The number of aromatic amines is 1. The Bertz CT molecular complexity index is 432. The first-order valence-electron chi connectivity index (χ1n) is 4.71. The van der Waals surface area contributed by atoms with Gasteiger partial charge in [0.25, 0.3) is 0 Å². The third-order valence-corrected chi connectivity index (χ3v) is 1.81. The van der Waals surface area contributed by atoms with Crippen molar-refractivity contribution in [3.05, 3.63) is 30.1 Å². The van der Waals surface area contributed by atoms with Gasteiger partial charge in [-0.05, 0) is 19.1 Å². The molecule has 0 aromatic carbocycles. The molecule has 2 rings (SSSR count). The number of hydrogen-bond acceptors (Lipinski definition) is 2. The third-order valence-electron chi connectivity index (χ3n) is 1.81. The van der Waals surface area contributed by atoms with E-state index in [1.54, 1.807) is 6.20 Å². The lowest BCUT2D eigenvalue weighted by Gasteiger charge is -1.93. The summed E-state index contributed by atoms with van der Waals surface area (Å²) >= 11 is 0. The molecule has 1 N–H and O–H groups in total. The Morgan fingerprint density at radius 3 is 2.79 bits per heavy atom. The quantitative estimate of drug-likeness (QED) is 0.703. The first kappa shape index (κ1) is 10.4. The Kier molecular flexibility index (Phi) is 3.40. The summed E-state index contributed by atoms with van der Waals surface area (Å²) in [7, 11) is 0. The highest BCUT2D eigenvalue weighted by molar-refractivity contribution is 5.96. The van der Waals surface area contributed by atoms with E-state index in [-0.39, 0.29) is 5.78 Å². The summed E-state index contributed by atoms with van der Waals surface area (Å²) in [5, 5.41) is 0.975. The maximum Gasteiger partial charge on any atom is 0.161 e. The SMILES string of the molecule is CC.CC(=O)c1cnc2[nH]ccc2c1. The zero-order valence-corrected chi connectivity index (χ0v) is 8.66. The lowest BCUT2D eigenvalue weighted by molar-refractivity contribution is 0.101. The van der Waals surface area contributed by atoms with Crippen LogP contribution in [0.3, 0.4) is 0 Å². The number of hydrogen-bond donors (Lipinski definition) is 1. The maximum absolute atomic E-state index is 11.0. The molecule has 0 aliphatic heterocycles. The molecule has 3 nitrogen and oxygen atoms in total. The van der Waals surface area contributed by atoms with Crippen LogP contribution in [-0.2, 0) is 0 Å². The number of H-pyrrole nitrogens is 1. The van der Waals surface area contributed by atoms with E-state index in [4.69, 9.17) is 0 Å². The van der Waals surface area contributed by atoms with Gasteiger partial charge in [-0.3, -0.25) is 4.79 Å². The molecular formula is C11H14N2O. The Balaban J connectivity index is 0.000000461. The summed E-state index contributed by atoms with van der Waals surface area (Å²) in [4.78, 5) is 18.0. The van der Waals surface area contributed by atoms with E-state index in [2.05, 4.69) is 9.97 Å². The largest absolute Gasteiger partial charge is 0.346 e. The number of rotatable bonds is 1. The zero-order chi connectivity index (χ0) is 10.6. The van der Waals surface area contributed by atoms with Crippen molar-refractivity contribution in [2.24, 2.45) is 0 Å². The molecule has 2 aromatic rings. The van der Waals surface area contributed by atoms with Crippen molar-refractivity contribution in [3.63, 3.8) is 0 Å². The van der Waals surface area contributed by atoms with Gasteiger partial charge in [-0.25, -0.2) is 4.98 Å². The van der Waals surface area contributed by atoms with Gasteiger partial charge in [-0.2, -0.15) is 0 Å². The van der Waals surface area contributed by atoms with Gasteiger partial charge in [-0.15, -0.1) is 0 Å². The topological polar surface area (TPSA) is 45.8 Å². The normalized spacial score (nSPS) is 9.36. The van der Waals surface area contributed by atoms with Crippen molar-refractivity contribution in [2.45, 2.75) is 20.8 Å². The molecule has 0 bridgehead atoms.